The molecule has 6 heteroatoms. The summed E-state index contributed by atoms with van der Waals surface area (Å²) in [5, 5.41) is 10.7. The van der Waals surface area contributed by atoms with Gasteiger partial charge in [-0.05, 0) is 56.7 Å². The van der Waals surface area contributed by atoms with Crippen molar-refractivity contribution >= 4 is 23.4 Å². The largest absolute Gasteiger partial charge is 0.497 e. The number of aromatic nitrogens is 3. The molecule has 2 aromatic carbocycles. The summed E-state index contributed by atoms with van der Waals surface area (Å²) in [7, 11) is 1.66. The molecule has 136 valence electrons. The van der Waals surface area contributed by atoms with Crippen LogP contribution in [0.3, 0.4) is 0 Å². The Labute approximate surface area is 163 Å². The number of hydrogen-bond donors (Lipinski definition) is 0. The minimum atomic E-state index is 0.175. The summed E-state index contributed by atoms with van der Waals surface area (Å²) in [4.78, 5) is 0. The lowest BCUT2D eigenvalue weighted by molar-refractivity contribution is 0.415. The normalized spacial score (nSPS) is 12.4. The van der Waals surface area contributed by atoms with Crippen molar-refractivity contribution < 1.29 is 4.74 Å². The van der Waals surface area contributed by atoms with Gasteiger partial charge in [-0.25, -0.2) is 0 Å². The van der Waals surface area contributed by atoms with Gasteiger partial charge in [0.05, 0.1) is 7.11 Å². The lowest BCUT2D eigenvalue weighted by Gasteiger charge is -2.17. The van der Waals surface area contributed by atoms with Crippen LogP contribution in [0.15, 0.2) is 53.7 Å². The molecule has 0 aliphatic heterocycles. The monoisotopic (exact) mass is 387 g/mol. The van der Waals surface area contributed by atoms with E-state index in [2.05, 4.69) is 41.6 Å². The van der Waals surface area contributed by atoms with Gasteiger partial charge in [-0.3, -0.25) is 4.57 Å². The number of benzene rings is 2. The number of rotatable bonds is 6. The molecule has 1 heterocycles. The number of nitrogens with zero attached hydrogens (tertiary/aromatic N) is 3. The Hall–Kier alpha value is -1.98. The molecule has 0 saturated carbocycles. The Morgan fingerprint density at radius 2 is 1.69 bits per heavy atom. The van der Waals surface area contributed by atoms with Gasteiger partial charge in [-0.15, -0.1) is 10.2 Å². The first kappa shape index (κ1) is 18.8. The van der Waals surface area contributed by atoms with Crippen molar-refractivity contribution in [1.82, 2.24) is 14.8 Å². The molecule has 0 bridgehead atoms. The predicted molar refractivity (Wildman–Crippen MR) is 108 cm³/mol. The Kier molecular flexibility index (Phi) is 5.89. The Morgan fingerprint density at radius 1 is 1.00 bits per heavy atom. The minimum absolute atomic E-state index is 0.175. The van der Waals surface area contributed by atoms with Crippen LogP contribution in [0.1, 0.15) is 37.6 Å². The number of methoxy groups -OCH3 is 1. The van der Waals surface area contributed by atoms with Crippen LogP contribution in [0.2, 0.25) is 5.02 Å². The van der Waals surface area contributed by atoms with E-state index in [9.17, 15) is 0 Å². The van der Waals surface area contributed by atoms with E-state index in [0.29, 0.717) is 0 Å². The highest BCUT2D eigenvalue weighted by Crippen LogP contribution is 2.39. The van der Waals surface area contributed by atoms with Crippen molar-refractivity contribution in [3.05, 3.63) is 59.1 Å². The second kappa shape index (κ2) is 8.14. The van der Waals surface area contributed by atoms with Crippen LogP contribution < -0.4 is 4.74 Å². The third kappa shape index (κ3) is 3.89. The third-order valence-corrected chi connectivity index (χ3v) is 5.60. The van der Waals surface area contributed by atoms with Gasteiger partial charge in [0.25, 0.3) is 0 Å². The number of thioether (sulfide) groups is 1. The summed E-state index contributed by atoms with van der Waals surface area (Å²) < 4.78 is 7.41. The SMILES string of the molecule is COc1ccc(-c2nnc(S[C@H](C)c3ccccc3Cl)n2C(C)C)cc1. The molecule has 0 fully saturated rings. The van der Waals surface area contributed by atoms with Gasteiger partial charge >= 0.3 is 0 Å². The van der Waals surface area contributed by atoms with Crippen molar-refractivity contribution in [3.8, 4) is 17.1 Å². The highest BCUT2D eigenvalue weighted by atomic mass is 35.5. The maximum atomic E-state index is 6.35. The van der Waals surface area contributed by atoms with Gasteiger partial charge in [-0.2, -0.15) is 0 Å². The van der Waals surface area contributed by atoms with E-state index in [-0.39, 0.29) is 11.3 Å². The summed E-state index contributed by atoms with van der Waals surface area (Å²) >= 11 is 8.02. The maximum absolute atomic E-state index is 6.35. The molecule has 0 spiro atoms. The summed E-state index contributed by atoms with van der Waals surface area (Å²) in [5.41, 5.74) is 2.12. The van der Waals surface area contributed by atoms with Crippen molar-refractivity contribution in [3.63, 3.8) is 0 Å². The van der Waals surface area contributed by atoms with Crippen LogP contribution in [0.25, 0.3) is 11.4 Å². The molecule has 0 saturated heterocycles. The first-order chi connectivity index (χ1) is 12.5. The topological polar surface area (TPSA) is 39.9 Å². The molecule has 1 atom stereocenters. The standard InChI is InChI=1S/C20H22ClN3OS/c1-13(2)24-19(15-9-11-16(25-4)12-10-15)22-23-20(24)26-14(3)17-7-5-6-8-18(17)21/h5-14H,1-4H3/t14-/m1/s1. The summed E-state index contributed by atoms with van der Waals surface area (Å²) in [6.07, 6.45) is 0. The third-order valence-electron chi connectivity index (χ3n) is 4.15. The Bertz CT molecular complexity index is 877. The molecule has 26 heavy (non-hydrogen) atoms. The highest BCUT2D eigenvalue weighted by Gasteiger charge is 2.20. The van der Waals surface area contributed by atoms with Crippen LogP contribution in [0, 0.1) is 0 Å². The highest BCUT2D eigenvalue weighted by molar-refractivity contribution is 7.99. The molecule has 0 radical (unpaired) electrons. The number of ether oxygens (including phenoxy) is 1. The van der Waals surface area contributed by atoms with Crippen LogP contribution >= 0.6 is 23.4 Å². The van der Waals surface area contributed by atoms with Gasteiger partial charge in [0, 0.05) is 21.9 Å². The molecular formula is C20H22ClN3OS. The van der Waals surface area contributed by atoms with Gasteiger partial charge in [-0.1, -0.05) is 41.6 Å². The Balaban J connectivity index is 1.93. The van der Waals surface area contributed by atoms with Gasteiger partial charge in [0.2, 0.25) is 0 Å². The van der Waals surface area contributed by atoms with E-state index < -0.39 is 0 Å². The average Bonchev–Trinajstić information content (AvgIpc) is 3.06. The van der Waals surface area contributed by atoms with E-state index in [0.717, 1.165) is 32.9 Å². The lowest BCUT2D eigenvalue weighted by Crippen LogP contribution is -2.06. The zero-order chi connectivity index (χ0) is 18.7. The molecule has 0 aliphatic carbocycles. The van der Waals surface area contributed by atoms with Crippen LogP contribution in [0.5, 0.6) is 5.75 Å². The Morgan fingerprint density at radius 3 is 2.31 bits per heavy atom. The number of hydrogen-bond acceptors (Lipinski definition) is 4. The van der Waals surface area contributed by atoms with E-state index in [1.165, 1.54) is 0 Å². The fourth-order valence-corrected chi connectivity index (χ4v) is 4.30. The lowest BCUT2D eigenvalue weighted by atomic mass is 10.2. The van der Waals surface area contributed by atoms with Crippen LogP contribution in [-0.4, -0.2) is 21.9 Å². The second-order valence-corrected chi connectivity index (χ2v) is 8.00. The molecule has 0 aliphatic rings. The van der Waals surface area contributed by atoms with Gasteiger partial charge in [0.1, 0.15) is 5.75 Å². The van der Waals surface area contributed by atoms with Crippen molar-refractivity contribution in [1.29, 1.82) is 0 Å². The van der Waals surface area contributed by atoms with Crippen molar-refractivity contribution in [2.24, 2.45) is 0 Å². The van der Waals surface area contributed by atoms with Gasteiger partial charge < -0.3 is 4.74 Å². The average molecular weight is 388 g/mol. The van der Waals surface area contributed by atoms with Crippen molar-refractivity contribution in [2.45, 2.75) is 37.2 Å². The molecule has 3 rings (SSSR count). The van der Waals surface area contributed by atoms with E-state index in [1.807, 2.05) is 42.5 Å². The fraction of sp³-hybridized carbons (Fsp3) is 0.300. The first-order valence-electron chi connectivity index (χ1n) is 8.51. The zero-order valence-electron chi connectivity index (χ0n) is 15.3. The molecule has 4 nitrogen and oxygen atoms in total. The molecule has 3 aromatic rings. The molecule has 0 N–H and O–H groups in total. The predicted octanol–water partition coefficient (Wildman–Crippen LogP) is 6.04. The van der Waals surface area contributed by atoms with E-state index in [4.69, 9.17) is 16.3 Å². The molecule has 1 aromatic heterocycles. The smallest absolute Gasteiger partial charge is 0.192 e. The summed E-state index contributed by atoms with van der Waals surface area (Å²) in [6, 6.07) is 16.1. The van der Waals surface area contributed by atoms with E-state index in [1.54, 1.807) is 18.9 Å². The summed E-state index contributed by atoms with van der Waals surface area (Å²) in [5.74, 6) is 1.68. The second-order valence-electron chi connectivity index (χ2n) is 6.28. The fourth-order valence-electron chi connectivity index (χ4n) is 2.79. The molecule has 0 amide bonds. The number of halogens is 1. The molecule has 0 unspecified atom stereocenters. The first-order valence-corrected chi connectivity index (χ1v) is 9.77. The minimum Gasteiger partial charge on any atom is -0.497 e. The van der Waals surface area contributed by atoms with Crippen LogP contribution in [0.4, 0.5) is 0 Å². The maximum Gasteiger partial charge on any atom is 0.192 e. The van der Waals surface area contributed by atoms with Gasteiger partial charge in [0.15, 0.2) is 11.0 Å². The van der Waals surface area contributed by atoms with Crippen molar-refractivity contribution in [2.75, 3.05) is 7.11 Å². The summed E-state index contributed by atoms with van der Waals surface area (Å²) in [6.45, 7) is 6.42. The quantitative estimate of drug-likeness (QED) is 0.483. The van der Waals surface area contributed by atoms with Crippen LogP contribution in [-0.2, 0) is 0 Å². The van der Waals surface area contributed by atoms with E-state index >= 15 is 0 Å². The zero-order valence-corrected chi connectivity index (χ0v) is 16.9. The molecular weight excluding hydrogens is 366 g/mol.